The Morgan fingerprint density at radius 2 is 1.23 bits per heavy atom. The largest absolute Gasteiger partial charge is 0.310 e. The summed E-state index contributed by atoms with van der Waals surface area (Å²) in [5.74, 6) is 0. The van der Waals surface area contributed by atoms with E-state index in [0.29, 0.717) is 0 Å². The van der Waals surface area contributed by atoms with E-state index < -0.39 is 5.41 Å². The van der Waals surface area contributed by atoms with Gasteiger partial charge in [-0.3, -0.25) is 0 Å². The summed E-state index contributed by atoms with van der Waals surface area (Å²) in [6.45, 7) is 0. The van der Waals surface area contributed by atoms with Crippen molar-refractivity contribution in [2.75, 3.05) is 4.90 Å². The average molecular weight is 715 g/mol. The van der Waals surface area contributed by atoms with Crippen LogP contribution in [0.25, 0.3) is 50.3 Å². The van der Waals surface area contributed by atoms with Gasteiger partial charge in [-0.05, 0) is 130 Å². The summed E-state index contributed by atoms with van der Waals surface area (Å²) < 4.78 is 2.48. The number of rotatable bonds is 4. The molecule has 1 spiro atoms. The highest BCUT2D eigenvalue weighted by molar-refractivity contribution is 6.13. The molecule has 1 heterocycles. The molecule has 12 rings (SSSR count). The first-order valence-corrected chi connectivity index (χ1v) is 19.9. The van der Waals surface area contributed by atoms with E-state index in [1.54, 1.807) is 0 Å². The minimum atomic E-state index is -0.415. The number of aryl methyl sites for hydroxylation is 1. The van der Waals surface area contributed by atoms with Crippen LogP contribution in [0.15, 0.2) is 194 Å². The summed E-state index contributed by atoms with van der Waals surface area (Å²) in [5.41, 5.74) is 20.2. The van der Waals surface area contributed by atoms with Gasteiger partial charge in [0.2, 0.25) is 0 Å². The van der Waals surface area contributed by atoms with Crippen molar-refractivity contribution >= 4 is 50.5 Å². The lowest BCUT2D eigenvalue weighted by Crippen LogP contribution is -2.26. The summed E-state index contributed by atoms with van der Waals surface area (Å²) >= 11 is 0. The number of anilines is 3. The van der Waals surface area contributed by atoms with Crippen molar-refractivity contribution < 1.29 is 0 Å². The zero-order valence-electron chi connectivity index (χ0n) is 31.0. The number of para-hydroxylation sites is 2. The van der Waals surface area contributed by atoms with Crippen molar-refractivity contribution in [2.45, 2.75) is 24.7 Å². The molecule has 4 aliphatic carbocycles. The molecule has 4 aliphatic rings. The van der Waals surface area contributed by atoms with Crippen molar-refractivity contribution in [3.63, 3.8) is 0 Å². The Labute approximate surface area is 327 Å². The van der Waals surface area contributed by atoms with E-state index in [4.69, 9.17) is 0 Å². The third-order valence-corrected chi connectivity index (χ3v) is 12.6. The van der Waals surface area contributed by atoms with E-state index in [0.717, 1.165) is 36.3 Å². The minimum Gasteiger partial charge on any atom is -0.310 e. The Balaban J connectivity index is 1.19. The van der Waals surface area contributed by atoms with Crippen LogP contribution in [0, 0.1) is 0 Å². The van der Waals surface area contributed by atoms with Crippen LogP contribution in [0.5, 0.6) is 0 Å². The number of hydrogen-bond donors (Lipinski definition) is 0. The lowest BCUT2D eigenvalue weighted by Gasteiger charge is -2.31. The Bertz CT molecular complexity index is 3050. The molecule has 0 fully saturated rings. The summed E-state index contributed by atoms with van der Waals surface area (Å²) in [6, 6.07) is 59.0. The third kappa shape index (κ3) is 4.27. The highest BCUT2D eigenvalue weighted by Gasteiger charge is 2.52. The van der Waals surface area contributed by atoms with Crippen molar-refractivity contribution in [3.8, 4) is 16.8 Å². The van der Waals surface area contributed by atoms with E-state index >= 15 is 0 Å². The smallest absolute Gasteiger partial charge is 0.0725 e. The van der Waals surface area contributed by atoms with Crippen LogP contribution >= 0.6 is 0 Å². The number of nitrogens with zero attached hydrogens (tertiary/aromatic N) is 2. The van der Waals surface area contributed by atoms with E-state index in [1.165, 1.54) is 83.1 Å². The molecule has 0 saturated heterocycles. The fourth-order valence-electron chi connectivity index (χ4n) is 10.4. The molecule has 2 heteroatoms. The Morgan fingerprint density at radius 3 is 2.09 bits per heavy atom. The Morgan fingerprint density at radius 1 is 0.500 bits per heavy atom. The molecule has 1 unspecified atom stereocenters. The predicted octanol–water partition coefficient (Wildman–Crippen LogP) is 13.8. The van der Waals surface area contributed by atoms with Crippen LogP contribution in [0.3, 0.4) is 0 Å². The molecule has 1 aromatic heterocycles. The van der Waals surface area contributed by atoms with Crippen LogP contribution in [0.1, 0.15) is 46.2 Å². The van der Waals surface area contributed by atoms with Gasteiger partial charge < -0.3 is 9.47 Å². The topological polar surface area (TPSA) is 8.17 Å². The second-order valence-corrected chi connectivity index (χ2v) is 15.5. The summed E-state index contributed by atoms with van der Waals surface area (Å²) in [7, 11) is 0. The second-order valence-electron chi connectivity index (χ2n) is 15.5. The van der Waals surface area contributed by atoms with Gasteiger partial charge in [0.05, 0.1) is 22.1 Å². The molecular weight excluding hydrogens is 677 g/mol. The molecular formula is C54H38N2. The molecule has 0 N–H and O–H groups in total. The van der Waals surface area contributed by atoms with E-state index in [-0.39, 0.29) is 0 Å². The SMILES string of the molecule is C1=CC2=C(C=CC1)C1(c3ccccc32)c2ccccc2-c2cc3c(cc21)c1cc(N(c2ccccc2)c2cccc4c2C=CCC4)ccc1n3-c1ccccc1. The van der Waals surface area contributed by atoms with Crippen LogP contribution in [-0.4, -0.2) is 4.57 Å². The maximum atomic E-state index is 2.56. The van der Waals surface area contributed by atoms with E-state index in [9.17, 15) is 0 Å². The minimum absolute atomic E-state index is 0.415. The number of benzene rings is 7. The average Bonchev–Trinajstić information content (AvgIpc) is 3.74. The van der Waals surface area contributed by atoms with Gasteiger partial charge in [0.1, 0.15) is 0 Å². The quantitative estimate of drug-likeness (QED) is 0.176. The van der Waals surface area contributed by atoms with Crippen molar-refractivity contribution in [1.29, 1.82) is 0 Å². The second kappa shape index (κ2) is 12.1. The molecule has 2 nitrogen and oxygen atoms in total. The molecule has 56 heavy (non-hydrogen) atoms. The van der Waals surface area contributed by atoms with E-state index in [2.05, 4.69) is 204 Å². The number of fused-ring (bicyclic) bond motifs is 13. The van der Waals surface area contributed by atoms with Gasteiger partial charge in [0, 0.05) is 33.4 Å². The highest BCUT2D eigenvalue weighted by atomic mass is 15.1. The normalized spacial score (nSPS) is 17.2. The van der Waals surface area contributed by atoms with Crippen molar-refractivity contribution in [1.82, 2.24) is 4.57 Å². The molecule has 0 saturated carbocycles. The number of aromatic nitrogens is 1. The van der Waals surface area contributed by atoms with Gasteiger partial charge in [0.25, 0.3) is 0 Å². The fraction of sp³-hybridized carbons (Fsp3) is 0.0741. The van der Waals surface area contributed by atoms with Gasteiger partial charge in [-0.1, -0.05) is 134 Å². The molecule has 0 amide bonds. The van der Waals surface area contributed by atoms with Gasteiger partial charge in [-0.25, -0.2) is 0 Å². The zero-order chi connectivity index (χ0) is 36.8. The maximum absolute atomic E-state index is 2.56. The Kier molecular flexibility index (Phi) is 6.77. The van der Waals surface area contributed by atoms with Gasteiger partial charge in [-0.2, -0.15) is 0 Å². The van der Waals surface area contributed by atoms with Crippen LogP contribution in [0.2, 0.25) is 0 Å². The summed E-state index contributed by atoms with van der Waals surface area (Å²) in [4.78, 5) is 2.46. The lowest BCUT2D eigenvalue weighted by molar-refractivity contribution is 0.787. The monoisotopic (exact) mass is 714 g/mol. The highest BCUT2D eigenvalue weighted by Crippen LogP contribution is 2.63. The van der Waals surface area contributed by atoms with Crippen LogP contribution < -0.4 is 4.90 Å². The number of hydrogen-bond acceptors (Lipinski definition) is 1. The molecule has 8 aromatic rings. The molecule has 264 valence electrons. The lowest BCUT2D eigenvalue weighted by atomic mass is 9.69. The van der Waals surface area contributed by atoms with Crippen LogP contribution in [-0.2, 0) is 11.8 Å². The molecule has 7 aromatic carbocycles. The first-order chi connectivity index (χ1) is 27.8. The van der Waals surface area contributed by atoms with Crippen LogP contribution in [0.4, 0.5) is 17.1 Å². The van der Waals surface area contributed by atoms with Gasteiger partial charge in [0.15, 0.2) is 0 Å². The van der Waals surface area contributed by atoms with Crippen molar-refractivity contribution in [3.05, 3.63) is 227 Å². The standard InChI is InChI=1S/C54H38N2/c1-4-19-37(20-5-1)55(51-30-16-18-36-17-10-11-23-40(36)51)39-31-32-52-45(33-39)46-34-50-44(35-53(46)56(52)38-21-6-2-7-22-38)43-26-13-15-29-49(43)54(50)47-27-9-3-8-24-41(47)42-25-12-14-28-48(42)54/h1-2,4-9,11-16,18-35H,3,10,17H2. The molecule has 1 atom stereocenters. The molecule has 0 bridgehead atoms. The van der Waals surface area contributed by atoms with Gasteiger partial charge >= 0.3 is 0 Å². The first-order valence-electron chi connectivity index (χ1n) is 19.9. The molecule has 0 radical (unpaired) electrons. The maximum Gasteiger partial charge on any atom is 0.0725 e. The predicted molar refractivity (Wildman–Crippen MR) is 234 cm³/mol. The first kappa shape index (κ1) is 31.5. The summed E-state index contributed by atoms with van der Waals surface area (Å²) in [5, 5.41) is 2.51. The fourth-order valence-corrected chi connectivity index (χ4v) is 10.4. The van der Waals surface area contributed by atoms with Gasteiger partial charge in [-0.15, -0.1) is 0 Å². The summed E-state index contributed by atoms with van der Waals surface area (Å²) in [6.07, 6.45) is 17.2. The number of allylic oxidation sites excluding steroid dienone is 7. The van der Waals surface area contributed by atoms with E-state index in [1.807, 2.05) is 0 Å². The third-order valence-electron chi connectivity index (χ3n) is 12.6. The zero-order valence-corrected chi connectivity index (χ0v) is 31.0. The molecule has 0 aliphatic heterocycles. The Hall–Kier alpha value is -6.90. The van der Waals surface area contributed by atoms with Crippen molar-refractivity contribution in [2.24, 2.45) is 0 Å².